The molecule has 0 aliphatic carbocycles. The number of likely N-dealkylation sites (tertiary alicyclic amines) is 1. The summed E-state index contributed by atoms with van der Waals surface area (Å²) in [6.07, 6.45) is 4.44. The molecule has 2 fully saturated rings. The zero-order valence-electron chi connectivity index (χ0n) is 15.9. The van der Waals surface area contributed by atoms with Gasteiger partial charge in [-0.2, -0.15) is 0 Å². The molecule has 0 aromatic heterocycles. The molecule has 0 atom stereocenters. The van der Waals surface area contributed by atoms with Gasteiger partial charge in [0.25, 0.3) is 5.91 Å². The van der Waals surface area contributed by atoms with Crippen LogP contribution in [0.1, 0.15) is 49.9 Å². The van der Waals surface area contributed by atoms with Crippen molar-refractivity contribution in [1.29, 1.82) is 0 Å². The Hall–Kier alpha value is -2.24. The van der Waals surface area contributed by atoms with Crippen molar-refractivity contribution < 1.29 is 9.59 Å². The van der Waals surface area contributed by atoms with E-state index in [1.165, 1.54) is 0 Å². The smallest absolute Gasteiger partial charge is 0.319 e. The van der Waals surface area contributed by atoms with E-state index in [2.05, 4.69) is 22.5 Å². The molecule has 0 bridgehead atoms. The third-order valence-corrected chi connectivity index (χ3v) is 5.34. The summed E-state index contributed by atoms with van der Waals surface area (Å²) in [7, 11) is 0. The molecule has 2 N–H and O–H groups in total. The predicted octanol–water partition coefficient (Wildman–Crippen LogP) is 3.30. The quantitative estimate of drug-likeness (QED) is 0.868. The Morgan fingerprint density at radius 2 is 1.81 bits per heavy atom. The van der Waals surface area contributed by atoms with E-state index >= 15 is 0 Å². The van der Waals surface area contributed by atoms with E-state index in [1.807, 2.05) is 30.0 Å². The van der Waals surface area contributed by atoms with Crippen LogP contribution in [0.2, 0.25) is 0 Å². The van der Waals surface area contributed by atoms with Crippen molar-refractivity contribution in [3.05, 3.63) is 23.8 Å². The summed E-state index contributed by atoms with van der Waals surface area (Å²) in [5.74, 6) is 0.818. The number of amides is 3. The summed E-state index contributed by atoms with van der Waals surface area (Å²) < 4.78 is 0. The van der Waals surface area contributed by atoms with Gasteiger partial charge in [-0.3, -0.25) is 4.79 Å². The van der Waals surface area contributed by atoms with E-state index in [1.54, 1.807) is 0 Å². The van der Waals surface area contributed by atoms with Crippen molar-refractivity contribution in [2.75, 3.05) is 42.9 Å². The highest BCUT2D eigenvalue weighted by molar-refractivity contribution is 6.02. The first-order chi connectivity index (χ1) is 12.6. The predicted molar refractivity (Wildman–Crippen MR) is 105 cm³/mol. The van der Waals surface area contributed by atoms with Crippen molar-refractivity contribution in [3.63, 3.8) is 0 Å². The van der Waals surface area contributed by atoms with Crippen molar-refractivity contribution in [3.8, 4) is 0 Å². The average molecular weight is 358 g/mol. The summed E-state index contributed by atoms with van der Waals surface area (Å²) in [5, 5.41) is 5.55. The number of nitrogens with one attached hydrogen (secondary N) is 2. The maximum atomic E-state index is 13.1. The molecule has 0 spiro atoms. The third kappa shape index (κ3) is 4.29. The Labute approximate surface area is 155 Å². The number of hydrogen-bond acceptors (Lipinski definition) is 3. The number of nitrogens with zero attached hydrogens (tertiary/aromatic N) is 2. The first-order valence-electron chi connectivity index (χ1n) is 9.81. The lowest BCUT2D eigenvalue weighted by molar-refractivity contribution is 0.0793. The van der Waals surface area contributed by atoms with Gasteiger partial charge in [0.15, 0.2) is 0 Å². The first kappa shape index (κ1) is 18.5. The number of carbonyl (C=O) groups is 2. The van der Waals surface area contributed by atoms with E-state index in [9.17, 15) is 9.59 Å². The normalized spacial score (nSPS) is 18.1. The number of hydrogen-bond donors (Lipinski definition) is 2. The molecule has 0 radical (unpaired) electrons. The van der Waals surface area contributed by atoms with Crippen LogP contribution in [0.3, 0.4) is 0 Å². The molecular formula is C20H30N4O2. The van der Waals surface area contributed by atoms with Gasteiger partial charge in [0.05, 0.1) is 5.56 Å². The molecule has 1 aromatic rings. The standard InChI is InChI=1S/C20H30N4O2/c1-3-21-20(26)22-16-6-7-18(23-12-8-15(2)9-13-23)17(14-16)19(25)24-10-4-5-11-24/h6-7,14-15H,3-5,8-13H2,1-2H3,(H2,21,22,26). The molecule has 6 nitrogen and oxygen atoms in total. The Bertz CT molecular complexity index is 647. The molecule has 2 aliphatic rings. The topological polar surface area (TPSA) is 64.7 Å². The lowest BCUT2D eigenvalue weighted by Crippen LogP contribution is -2.36. The highest BCUT2D eigenvalue weighted by atomic mass is 16.2. The van der Waals surface area contributed by atoms with E-state index in [4.69, 9.17) is 0 Å². The second-order valence-electron chi connectivity index (χ2n) is 7.39. The number of anilines is 2. The van der Waals surface area contributed by atoms with Crippen LogP contribution < -0.4 is 15.5 Å². The second kappa shape index (κ2) is 8.43. The molecule has 0 unspecified atom stereocenters. The molecule has 142 valence electrons. The van der Waals surface area contributed by atoms with Crippen LogP contribution in [0, 0.1) is 5.92 Å². The van der Waals surface area contributed by atoms with Crippen LogP contribution >= 0.6 is 0 Å². The van der Waals surface area contributed by atoms with E-state index in [0.717, 1.165) is 63.5 Å². The molecule has 26 heavy (non-hydrogen) atoms. The molecule has 1 aromatic carbocycles. The number of piperidine rings is 1. The molecule has 2 saturated heterocycles. The van der Waals surface area contributed by atoms with E-state index < -0.39 is 0 Å². The van der Waals surface area contributed by atoms with Gasteiger partial charge in [0, 0.05) is 44.1 Å². The molecule has 6 heteroatoms. The van der Waals surface area contributed by atoms with Crippen molar-refractivity contribution in [1.82, 2.24) is 10.2 Å². The molecule has 2 aliphatic heterocycles. The third-order valence-electron chi connectivity index (χ3n) is 5.34. The number of carbonyl (C=O) groups excluding carboxylic acids is 2. The minimum atomic E-state index is -0.244. The summed E-state index contributed by atoms with van der Waals surface area (Å²) >= 11 is 0. The van der Waals surface area contributed by atoms with Crippen molar-refractivity contribution in [2.45, 2.75) is 39.5 Å². The number of benzene rings is 1. The number of urea groups is 1. The van der Waals surface area contributed by atoms with Gasteiger partial charge < -0.3 is 20.4 Å². The summed E-state index contributed by atoms with van der Waals surface area (Å²) in [6.45, 7) is 8.33. The van der Waals surface area contributed by atoms with Crippen LogP contribution in [0.15, 0.2) is 18.2 Å². The monoisotopic (exact) mass is 358 g/mol. The minimum Gasteiger partial charge on any atom is -0.371 e. The Kier molecular flexibility index (Phi) is 6.01. The van der Waals surface area contributed by atoms with Crippen LogP contribution in [0.25, 0.3) is 0 Å². The molecule has 0 saturated carbocycles. The van der Waals surface area contributed by atoms with Gasteiger partial charge in [-0.1, -0.05) is 6.92 Å². The van der Waals surface area contributed by atoms with Crippen LogP contribution in [0.5, 0.6) is 0 Å². The fraction of sp³-hybridized carbons (Fsp3) is 0.600. The summed E-state index contributed by atoms with van der Waals surface area (Å²) in [4.78, 5) is 29.2. The lowest BCUT2D eigenvalue weighted by atomic mass is 9.97. The summed E-state index contributed by atoms with van der Waals surface area (Å²) in [5.41, 5.74) is 2.36. The maximum Gasteiger partial charge on any atom is 0.319 e. The van der Waals surface area contributed by atoms with E-state index in [0.29, 0.717) is 17.8 Å². The van der Waals surface area contributed by atoms with Gasteiger partial charge >= 0.3 is 6.03 Å². The highest BCUT2D eigenvalue weighted by Crippen LogP contribution is 2.30. The van der Waals surface area contributed by atoms with Gasteiger partial charge in [0.2, 0.25) is 0 Å². The fourth-order valence-corrected chi connectivity index (χ4v) is 3.74. The van der Waals surface area contributed by atoms with Gasteiger partial charge in [-0.15, -0.1) is 0 Å². The van der Waals surface area contributed by atoms with Crippen molar-refractivity contribution >= 4 is 23.3 Å². The SMILES string of the molecule is CCNC(=O)Nc1ccc(N2CCC(C)CC2)c(C(=O)N2CCCC2)c1. The summed E-state index contributed by atoms with van der Waals surface area (Å²) in [6, 6.07) is 5.47. The Balaban J connectivity index is 1.86. The number of rotatable bonds is 4. The molecule has 3 rings (SSSR count). The van der Waals surface area contributed by atoms with Gasteiger partial charge in [-0.25, -0.2) is 4.79 Å². The highest BCUT2D eigenvalue weighted by Gasteiger charge is 2.26. The average Bonchev–Trinajstić information content (AvgIpc) is 3.17. The van der Waals surface area contributed by atoms with Gasteiger partial charge in [0.1, 0.15) is 0 Å². The Morgan fingerprint density at radius 1 is 1.12 bits per heavy atom. The minimum absolute atomic E-state index is 0.0793. The van der Waals surface area contributed by atoms with Gasteiger partial charge in [-0.05, 0) is 56.7 Å². The lowest BCUT2D eigenvalue weighted by Gasteiger charge is -2.34. The van der Waals surface area contributed by atoms with Crippen molar-refractivity contribution in [2.24, 2.45) is 5.92 Å². The maximum absolute atomic E-state index is 13.1. The van der Waals surface area contributed by atoms with Crippen LogP contribution in [-0.4, -0.2) is 49.6 Å². The largest absolute Gasteiger partial charge is 0.371 e. The zero-order valence-corrected chi connectivity index (χ0v) is 15.9. The first-order valence-corrected chi connectivity index (χ1v) is 9.81. The van der Waals surface area contributed by atoms with Crippen LogP contribution in [-0.2, 0) is 0 Å². The molecule has 3 amide bonds. The molecule has 2 heterocycles. The Morgan fingerprint density at radius 3 is 2.46 bits per heavy atom. The van der Waals surface area contributed by atoms with Crippen LogP contribution in [0.4, 0.5) is 16.2 Å². The zero-order chi connectivity index (χ0) is 18.5. The second-order valence-corrected chi connectivity index (χ2v) is 7.39. The fourth-order valence-electron chi connectivity index (χ4n) is 3.74. The molecular weight excluding hydrogens is 328 g/mol. The van der Waals surface area contributed by atoms with E-state index in [-0.39, 0.29) is 11.9 Å².